The van der Waals surface area contributed by atoms with Gasteiger partial charge < -0.3 is 9.47 Å². The van der Waals surface area contributed by atoms with Crippen LogP contribution in [0, 0.1) is 11.3 Å². The molecule has 0 unspecified atom stereocenters. The van der Waals surface area contributed by atoms with Gasteiger partial charge in [0.25, 0.3) is 0 Å². The summed E-state index contributed by atoms with van der Waals surface area (Å²) in [7, 11) is 1.56. The van der Waals surface area contributed by atoms with Crippen molar-refractivity contribution in [2.75, 3.05) is 12.4 Å². The van der Waals surface area contributed by atoms with E-state index in [1.807, 2.05) is 6.07 Å². The molecule has 116 valence electrons. The number of nitrogens with one attached hydrogen (secondary N) is 1. The van der Waals surface area contributed by atoms with E-state index in [1.54, 1.807) is 33.9 Å². The molecular formula is C15H15BrN2O3S. The van der Waals surface area contributed by atoms with Crippen molar-refractivity contribution in [2.45, 2.75) is 26.4 Å². The van der Waals surface area contributed by atoms with E-state index in [4.69, 9.17) is 9.47 Å². The van der Waals surface area contributed by atoms with E-state index in [0.717, 1.165) is 14.6 Å². The van der Waals surface area contributed by atoms with E-state index in [1.165, 1.54) is 11.3 Å². The van der Waals surface area contributed by atoms with E-state index in [-0.39, 0.29) is 0 Å². The van der Waals surface area contributed by atoms with Gasteiger partial charge in [-0.2, -0.15) is 5.26 Å². The molecule has 1 heterocycles. The Morgan fingerprint density at radius 3 is 2.64 bits per heavy atom. The highest BCUT2D eigenvalue weighted by Crippen LogP contribution is 2.44. The fraction of sp³-hybridized carbons (Fsp3) is 0.333. The third kappa shape index (κ3) is 3.34. The second-order valence-corrected chi connectivity index (χ2v) is 7.37. The maximum atomic E-state index is 11.9. The molecule has 7 heteroatoms. The summed E-state index contributed by atoms with van der Waals surface area (Å²) in [6.07, 6.45) is -0.592. The summed E-state index contributed by atoms with van der Waals surface area (Å²) in [5, 5.41) is 13.2. The zero-order valence-corrected chi connectivity index (χ0v) is 15.0. The monoisotopic (exact) mass is 382 g/mol. The highest BCUT2D eigenvalue weighted by molar-refractivity contribution is 9.10. The van der Waals surface area contributed by atoms with Crippen molar-refractivity contribution in [1.82, 2.24) is 0 Å². The Kier molecular flexibility index (Phi) is 4.63. The first-order chi connectivity index (χ1) is 10.3. The van der Waals surface area contributed by atoms with E-state index in [9.17, 15) is 10.1 Å². The average Bonchev–Trinajstić information content (AvgIpc) is 2.75. The van der Waals surface area contributed by atoms with Crippen molar-refractivity contribution in [2.24, 2.45) is 0 Å². The molecule has 1 amide bonds. The van der Waals surface area contributed by atoms with Gasteiger partial charge in [0.05, 0.1) is 17.4 Å². The molecule has 1 aromatic carbocycles. The van der Waals surface area contributed by atoms with Crippen LogP contribution >= 0.6 is 27.3 Å². The summed E-state index contributed by atoms with van der Waals surface area (Å²) in [6.45, 7) is 5.34. The minimum atomic E-state index is -0.605. The lowest BCUT2D eigenvalue weighted by atomic mass is 10.1. The van der Waals surface area contributed by atoms with Crippen LogP contribution in [0.4, 0.5) is 9.80 Å². The van der Waals surface area contributed by atoms with Crippen LogP contribution in [0.5, 0.6) is 5.75 Å². The van der Waals surface area contributed by atoms with Gasteiger partial charge in [-0.05, 0) is 32.9 Å². The van der Waals surface area contributed by atoms with Crippen LogP contribution in [-0.2, 0) is 4.74 Å². The number of thiophene rings is 1. The molecule has 0 aliphatic carbocycles. The Balaban J connectivity index is 2.49. The molecule has 2 rings (SSSR count). The maximum absolute atomic E-state index is 11.9. The van der Waals surface area contributed by atoms with Crippen LogP contribution in [0.2, 0.25) is 0 Å². The fourth-order valence-electron chi connectivity index (χ4n) is 1.89. The summed E-state index contributed by atoms with van der Waals surface area (Å²) in [4.78, 5) is 11.9. The number of hydrogen-bond donors (Lipinski definition) is 1. The molecule has 0 atom stereocenters. The summed E-state index contributed by atoms with van der Waals surface area (Å²) in [5.41, 5.74) is -0.220. The molecule has 0 bridgehead atoms. The molecule has 2 aromatic rings. The molecule has 0 spiro atoms. The largest absolute Gasteiger partial charge is 0.495 e. The lowest BCUT2D eigenvalue weighted by Gasteiger charge is -2.19. The number of methoxy groups -OCH3 is 1. The summed E-state index contributed by atoms with van der Waals surface area (Å²) in [5.74, 6) is 0.650. The van der Waals surface area contributed by atoms with E-state index in [0.29, 0.717) is 16.3 Å². The smallest absolute Gasteiger partial charge is 0.412 e. The van der Waals surface area contributed by atoms with Gasteiger partial charge in [0.1, 0.15) is 22.4 Å². The number of fused-ring (bicyclic) bond motifs is 1. The van der Waals surface area contributed by atoms with Crippen molar-refractivity contribution in [3.05, 3.63) is 22.2 Å². The first-order valence-electron chi connectivity index (χ1n) is 6.46. The zero-order chi connectivity index (χ0) is 16.5. The quantitative estimate of drug-likeness (QED) is 0.802. The van der Waals surface area contributed by atoms with Crippen LogP contribution < -0.4 is 10.1 Å². The third-order valence-electron chi connectivity index (χ3n) is 2.70. The van der Waals surface area contributed by atoms with Gasteiger partial charge in [0.15, 0.2) is 0 Å². The predicted molar refractivity (Wildman–Crippen MR) is 90.6 cm³/mol. The number of rotatable bonds is 2. The molecule has 1 N–H and O–H groups in total. The standard InChI is InChI=1S/C15H15BrN2O3S/c1-15(2,3)21-14(19)18-13-8(7-17)11-9(16)5-6-10(20-4)12(11)22-13/h5-6H,1-4H3,(H,18,19). The van der Waals surface area contributed by atoms with Gasteiger partial charge >= 0.3 is 6.09 Å². The van der Waals surface area contributed by atoms with Crippen molar-refractivity contribution >= 4 is 48.4 Å². The SMILES string of the molecule is COc1ccc(Br)c2c(C#N)c(NC(=O)OC(C)(C)C)sc12. The number of benzene rings is 1. The Hall–Kier alpha value is -1.78. The second kappa shape index (κ2) is 6.15. The molecule has 0 radical (unpaired) electrons. The number of carbonyl (C=O) groups is 1. The molecule has 1 aromatic heterocycles. The van der Waals surface area contributed by atoms with Gasteiger partial charge in [-0.25, -0.2) is 4.79 Å². The van der Waals surface area contributed by atoms with Crippen LogP contribution in [0.15, 0.2) is 16.6 Å². The molecular weight excluding hydrogens is 368 g/mol. The molecule has 0 saturated heterocycles. The first-order valence-corrected chi connectivity index (χ1v) is 8.07. The lowest BCUT2D eigenvalue weighted by molar-refractivity contribution is 0.0636. The van der Waals surface area contributed by atoms with Gasteiger partial charge in [-0.1, -0.05) is 15.9 Å². The Morgan fingerprint density at radius 1 is 1.41 bits per heavy atom. The molecule has 0 saturated carbocycles. The van der Waals surface area contributed by atoms with Gasteiger partial charge in [0, 0.05) is 9.86 Å². The number of anilines is 1. The molecule has 0 fully saturated rings. The Labute approximate surface area is 141 Å². The fourth-order valence-corrected chi connectivity index (χ4v) is 3.71. The van der Waals surface area contributed by atoms with Crippen molar-refractivity contribution in [1.29, 1.82) is 5.26 Å². The predicted octanol–water partition coefficient (Wildman–Crippen LogP) is 4.89. The van der Waals surface area contributed by atoms with Crippen LogP contribution in [0.25, 0.3) is 10.1 Å². The first kappa shape index (κ1) is 16.6. The van der Waals surface area contributed by atoms with Gasteiger partial charge in [-0.3, -0.25) is 5.32 Å². The molecule has 0 aliphatic rings. The minimum Gasteiger partial charge on any atom is -0.495 e. The van der Waals surface area contributed by atoms with E-state index >= 15 is 0 Å². The van der Waals surface area contributed by atoms with Gasteiger partial charge in [0.2, 0.25) is 0 Å². The summed E-state index contributed by atoms with van der Waals surface area (Å²) in [6, 6.07) is 5.75. The topological polar surface area (TPSA) is 71.3 Å². The number of halogens is 1. The minimum absolute atomic E-state index is 0.386. The number of carbonyl (C=O) groups excluding carboxylic acids is 1. The number of amides is 1. The summed E-state index contributed by atoms with van der Waals surface area (Å²) >= 11 is 4.72. The van der Waals surface area contributed by atoms with E-state index in [2.05, 4.69) is 27.3 Å². The summed E-state index contributed by atoms with van der Waals surface area (Å²) < 4.78 is 12.1. The molecule has 22 heavy (non-hydrogen) atoms. The number of hydrogen-bond acceptors (Lipinski definition) is 5. The highest BCUT2D eigenvalue weighted by Gasteiger charge is 2.22. The normalized spacial score (nSPS) is 11.1. The van der Waals surface area contributed by atoms with Crippen LogP contribution in [-0.4, -0.2) is 18.8 Å². The average molecular weight is 383 g/mol. The van der Waals surface area contributed by atoms with Crippen molar-refractivity contribution < 1.29 is 14.3 Å². The highest BCUT2D eigenvalue weighted by atomic mass is 79.9. The van der Waals surface area contributed by atoms with Crippen molar-refractivity contribution in [3.63, 3.8) is 0 Å². The lowest BCUT2D eigenvalue weighted by Crippen LogP contribution is -2.27. The maximum Gasteiger partial charge on any atom is 0.412 e. The van der Waals surface area contributed by atoms with E-state index < -0.39 is 11.7 Å². The van der Waals surface area contributed by atoms with Crippen molar-refractivity contribution in [3.8, 4) is 11.8 Å². The Morgan fingerprint density at radius 2 is 2.09 bits per heavy atom. The van der Waals surface area contributed by atoms with Crippen LogP contribution in [0.1, 0.15) is 26.3 Å². The number of ether oxygens (including phenoxy) is 2. The Bertz CT molecular complexity index is 772. The molecule has 5 nitrogen and oxygen atoms in total. The molecule has 0 aliphatic heterocycles. The van der Waals surface area contributed by atoms with Crippen LogP contribution in [0.3, 0.4) is 0 Å². The number of nitrogens with zero attached hydrogens (tertiary/aromatic N) is 1. The zero-order valence-electron chi connectivity index (χ0n) is 12.6. The third-order valence-corrected chi connectivity index (χ3v) is 4.48. The number of nitriles is 1. The van der Waals surface area contributed by atoms with Gasteiger partial charge in [-0.15, -0.1) is 11.3 Å². The second-order valence-electron chi connectivity index (χ2n) is 5.50.